The van der Waals surface area contributed by atoms with Crippen LogP contribution in [0.25, 0.3) is 0 Å². The number of alkyl halides is 1. The van der Waals surface area contributed by atoms with Crippen LogP contribution in [-0.2, 0) is 6.42 Å². The van der Waals surface area contributed by atoms with Crippen molar-refractivity contribution in [3.63, 3.8) is 0 Å². The summed E-state index contributed by atoms with van der Waals surface area (Å²) in [7, 11) is 3.19. The van der Waals surface area contributed by atoms with Gasteiger partial charge >= 0.3 is 0 Å². The van der Waals surface area contributed by atoms with E-state index in [-0.39, 0.29) is 11.2 Å². The molecule has 1 atom stereocenters. The molecule has 0 aliphatic rings. The normalized spacial score (nSPS) is 12.0. The number of benzene rings is 2. The number of aryl methyl sites for hydroxylation is 1. The molecular formula is C17H18ClFO2. The number of hydrogen-bond acceptors (Lipinski definition) is 2. The number of ether oxygens (including phenoxy) is 2. The van der Waals surface area contributed by atoms with Crippen LogP contribution in [0.5, 0.6) is 11.5 Å². The minimum Gasteiger partial charge on any atom is -0.493 e. The zero-order valence-corrected chi connectivity index (χ0v) is 13.1. The van der Waals surface area contributed by atoms with Crippen molar-refractivity contribution >= 4 is 11.6 Å². The summed E-state index contributed by atoms with van der Waals surface area (Å²) in [5.41, 5.74) is 2.40. The summed E-state index contributed by atoms with van der Waals surface area (Å²) >= 11 is 6.40. The van der Waals surface area contributed by atoms with Crippen molar-refractivity contribution in [3.8, 4) is 11.5 Å². The minimum absolute atomic E-state index is 0.231. The molecule has 0 saturated heterocycles. The van der Waals surface area contributed by atoms with Gasteiger partial charge in [-0.2, -0.15) is 0 Å². The smallest absolute Gasteiger partial charge is 0.160 e. The Kier molecular flexibility index (Phi) is 5.07. The van der Waals surface area contributed by atoms with Crippen molar-refractivity contribution in [2.45, 2.75) is 18.7 Å². The summed E-state index contributed by atoms with van der Waals surface area (Å²) in [5, 5.41) is -0.293. The third-order valence-electron chi connectivity index (χ3n) is 3.42. The van der Waals surface area contributed by atoms with E-state index < -0.39 is 0 Å². The van der Waals surface area contributed by atoms with Gasteiger partial charge < -0.3 is 9.47 Å². The van der Waals surface area contributed by atoms with E-state index in [0.29, 0.717) is 23.5 Å². The predicted octanol–water partition coefficient (Wildman–Crippen LogP) is 4.67. The molecule has 0 heterocycles. The molecular weight excluding hydrogens is 291 g/mol. The van der Waals surface area contributed by atoms with Gasteiger partial charge in [0.2, 0.25) is 0 Å². The molecule has 112 valence electrons. The summed E-state index contributed by atoms with van der Waals surface area (Å²) < 4.78 is 24.1. The molecule has 0 bridgehead atoms. The van der Waals surface area contributed by atoms with E-state index in [0.717, 1.165) is 11.1 Å². The Morgan fingerprint density at radius 1 is 1.05 bits per heavy atom. The van der Waals surface area contributed by atoms with Crippen molar-refractivity contribution in [1.82, 2.24) is 0 Å². The van der Waals surface area contributed by atoms with Crippen molar-refractivity contribution in [3.05, 3.63) is 58.9 Å². The number of rotatable bonds is 5. The van der Waals surface area contributed by atoms with Gasteiger partial charge in [0, 0.05) is 0 Å². The van der Waals surface area contributed by atoms with Gasteiger partial charge in [-0.1, -0.05) is 18.2 Å². The van der Waals surface area contributed by atoms with Gasteiger partial charge in [0.1, 0.15) is 5.82 Å². The van der Waals surface area contributed by atoms with Crippen LogP contribution in [0.4, 0.5) is 4.39 Å². The van der Waals surface area contributed by atoms with E-state index >= 15 is 0 Å². The molecule has 2 aromatic carbocycles. The average molecular weight is 309 g/mol. The summed E-state index contributed by atoms with van der Waals surface area (Å²) in [6, 6.07) is 10.8. The predicted molar refractivity (Wildman–Crippen MR) is 83.0 cm³/mol. The van der Waals surface area contributed by atoms with E-state index in [2.05, 4.69) is 0 Å². The number of halogens is 2. The lowest BCUT2D eigenvalue weighted by Crippen LogP contribution is -1.99. The summed E-state index contributed by atoms with van der Waals surface area (Å²) in [4.78, 5) is 0. The fourth-order valence-corrected chi connectivity index (χ4v) is 2.45. The van der Waals surface area contributed by atoms with Crippen molar-refractivity contribution in [2.24, 2.45) is 0 Å². The molecule has 0 saturated carbocycles. The number of hydrogen-bond donors (Lipinski definition) is 0. The fourth-order valence-electron chi connectivity index (χ4n) is 2.14. The second-order valence-corrected chi connectivity index (χ2v) is 5.40. The molecule has 0 aromatic heterocycles. The zero-order valence-electron chi connectivity index (χ0n) is 12.3. The molecule has 0 spiro atoms. The maximum atomic E-state index is 13.6. The van der Waals surface area contributed by atoms with Gasteiger partial charge in [-0.05, 0) is 48.2 Å². The molecule has 0 fully saturated rings. The van der Waals surface area contributed by atoms with E-state index in [1.807, 2.05) is 24.3 Å². The standard InChI is InChI=1S/C17H18ClFO2/c1-11-4-6-13(10-15(11)19)14(18)8-12-5-7-16(20-2)17(9-12)21-3/h4-7,9-10,14H,8H2,1-3H3. The molecule has 4 heteroatoms. The fraction of sp³-hybridized carbons (Fsp3) is 0.294. The van der Waals surface area contributed by atoms with Crippen LogP contribution >= 0.6 is 11.6 Å². The Morgan fingerprint density at radius 3 is 2.38 bits per heavy atom. The Balaban J connectivity index is 2.18. The third kappa shape index (κ3) is 3.67. The monoisotopic (exact) mass is 308 g/mol. The largest absolute Gasteiger partial charge is 0.493 e. The molecule has 21 heavy (non-hydrogen) atoms. The summed E-state index contributed by atoms with van der Waals surface area (Å²) in [6.45, 7) is 1.73. The molecule has 0 N–H and O–H groups in total. The lowest BCUT2D eigenvalue weighted by atomic mass is 10.0. The van der Waals surface area contributed by atoms with Crippen molar-refractivity contribution in [2.75, 3.05) is 14.2 Å². The lowest BCUT2D eigenvalue weighted by Gasteiger charge is -2.13. The number of methoxy groups -OCH3 is 2. The van der Waals surface area contributed by atoms with Gasteiger partial charge in [-0.25, -0.2) is 4.39 Å². The zero-order chi connectivity index (χ0) is 15.4. The van der Waals surface area contributed by atoms with E-state index in [1.165, 1.54) is 6.07 Å². The van der Waals surface area contributed by atoms with E-state index in [1.54, 1.807) is 27.2 Å². The van der Waals surface area contributed by atoms with Crippen LogP contribution in [0.3, 0.4) is 0 Å². The van der Waals surface area contributed by atoms with Gasteiger partial charge in [-0.15, -0.1) is 11.6 Å². The highest BCUT2D eigenvalue weighted by Gasteiger charge is 2.13. The summed E-state index contributed by atoms with van der Waals surface area (Å²) in [5.74, 6) is 1.10. The highest BCUT2D eigenvalue weighted by atomic mass is 35.5. The van der Waals surface area contributed by atoms with E-state index in [4.69, 9.17) is 21.1 Å². The topological polar surface area (TPSA) is 18.5 Å². The molecule has 0 aliphatic carbocycles. The Morgan fingerprint density at radius 2 is 1.76 bits per heavy atom. The van der Waals surface area contributed by atoms with Crippen LogP contribution in [0.15, 0.2) is 36.4 Å². The second kappa shape index (κ2) is 6.81. The molecule has 0 aliphatic heterocycles. The quantitative estimate of drug-likeness (QED) is 0.747. The molecule has 2 nitrogen and oxygen atoms in total. The third-order valence-corrected chi connectivity index (χ3v) is 3.83. The summed E-state index contributed by atoms with van der Waals surface area (Å²) in [6.07, 6.45) is 0.588. The molecule has 2 aromatic rings. The maximum absolute atomic E-state index is 13.6. The SMILES string of the molecule is COc1ccc(CC(Cl)c2ccc(C)c(F)c2)cc1OC. The first-order chi connectivity index (χ1) is 10.0. The Labute approximate surface area is 129 Å². The lowest BCUT2D eigenvalue weighted by molar-refractivity contribution is 0.354. The molecule has 1 unspecified atom stereocenters. The molecule has 0 radical (unpaired) electrons. The van der Waals surface area contributed by atoms with Crippen LogP contribution in [0.2, 0.25) is 0 Å². The van der Waals surface area contributed by atoms with E-state index in [9.17, 15) is 4.39 Å². The first kappa shape index (κ1) is 15.6. The highest BCUT2D eigenvalue weighted by Crippen LogP contribution is 2.31. The van der Waals surface area contributed by atoms with Gasteiger partial charge in [0.25, 0.3) is 0 Å². The molecule has 2 rings (SSSR count). The van der Waals surface area contributed by atoms with Gasteiger partial charge in [0.15, 0.2) is 11.5 Å². The van der Waals surface area contributed by atoms with Crippen molar-refractivity contribution in [1.29, 1.82) is 0 Å². The Hall–Kier alpha value is -1.74. The molecule has 0 amide bonds. The Bertz CT molecular complexity index is 628. The second-order valence-electron chi connectivity index (χ2n) is 4.87. The minimum atomic E-state index is -0.293. The van der Waals surface area contributed by atoms with Gasteiger partial charge in [-0.3, -0.25) is 0 Å². The van der Waals surface area contributed by atoms with Crippen molar-refractivity contribution < 1.29 is 13.9 Å². The maximum Gasteiger partial charge on any atom is 0.160 e. The van der Waals surface area contributed by atoms with Crippen LogP contribution in [-0.4, -0.2) is 14.2 Å². The first-order valence-corrected chi connectivity index (χ1v) is 7.09. The van der Waals surface area contributed by atoms with Crippen LogP contribution in [0.1, 0.15) is 22.1 Å². The van der Waals surface area contributed by atoms with Gasteiger partial charge in [0.05, 0.1) is 19.6 Å². The van der Waals surface area contributed by atoms with Crippen LogP contribution in [0, 0.1) is 12.7 Å². The van der Waals surface area contributed by atoms with Crippen LogP contribution < -0.4 is 9.47 Å². The average Bonchev–Trinajstić information content (AvgIpc) is 2.49. The first-order valence-electron chi connectivity index (χ1n) is 6.66. The highest BCUT2D eigenvalue weighted by molar-refractivity contribution is 6.20.